The molecule has 1 saturated heterocycles. The molecule has 0 bridgehead atoms. The van der Waals surface area contributed by atoms with Gasteiger partial charge in [0.25, 0.3) is 5.91 Å². The summed E-state index contributed by atoms with van der Waals surface area (Å²) in [5.41, 5.74) is 6.93. The van der Waals surface area contributed by atoms with Crippen LogP contribution in [0.4, 0.5) is 0 Å². The number of hydroxylamine groups is 1. The highest BCUT2D eigenvalue weighted by Gasteiger charge is 2.28. The molecule has 0 aliphatic carbocycles. The molecule has 4 rings (SSSR count). The second kappa shape index (κ2) is 10.2. The molecule has 3 aromatic rings. The molecule has 0 radical (unpaired) electrons. The number of likely N-dealkylation sites (tertiary alicyclic amines) is 1. The predicted octanol–water partition coefficient (Wildman–Crippen LogP) is 3.71. The van der Waals surface area contributed by atoms with Gasteiger partial charge in [0.1, 0.15) is 5.71 Å². The lowest BCUT2D eigenvalue weighted by Gasteiger charge is -2.25. The molecule has 1 fully saturated rings. The van der Waals surface area contributed by atoms with Crippen molar-refractivity contribution in [3.05, 3.63) is 89.3 Å². The van der Waals surface area contributed by atoms with E-state index in [1.165, 1.54) is 11.6 Å². The van der Waals surface area contributed by atoms with Gasteiger partial charge in [-0.15, -0.1) is 0 Å². The van der Waals surface area contributed by atoms with Crippen LogP contribution >= 0.6 is 0 Å². The Kier molecular flexibility index (Phi) is 6.97. The number of nitrogens with zero attached hydrogens (tertiary/aromatic N) is 4. The Morgan fingerprint density at radius 1 is 1.21 bits per heavy atom. The summed E-state index contributed by atoms with van der Waals surface area (Å²) in [6, 6.07) is 18.1. The number of para-hydroxylation sites is 1. The van der Waals surface area contributed by atoms with Crippen LogP contribution in [-0.4, -0.2) is 49.8 Å². The summed E-state index contributed by atoms with van der Waals surface area (Å²) in [5.74, 6) is -0.567. The minimum absolute atomic E-state index is 0.213. The SMILES string of the molecule is Cc1c(C(CN2CCCC2c2ccc(C=CC(=O)NO)cc2)=NO)cnn1-c1ccccc1. The van der Waals surface area contributed by atoms with Crippen molar-refractivity contribution in [1.82, 2.24) is 20.2 Å². The number of aromatic nitrogens is 2. The number of amides is 1. The molecule has 0 saturated carbocycles. The summed E-state index contributed by atoms with van der Waals surface area (Å²) >= 11 is 0. The van der Waals surface area contributed by atoms with Crippen LogP contribution in [0.25, 0.3) is 11.8 Å². The van der Waals surface area contributed by atoms with E-state index >= 15 is 0 Å². The molecule has 1 aliphatic rings. The molecule has 8 heteroatoms. The number of nitrogens with one attached hydrogen (secondary N) is 1. The summed E-state index contributed by atoms with van der Waals surface area (Å²) in [7, 11) is 0. The molecule has 1 amide bonds. The van der Waals surface area contributed by atoms with Gasteiger partial charge in [-0.05, 0) is 55.6 Å². The lowest BCUT2D eigenvalue weighted by atomic mass is 10.0. The van der Waals surface area contributed by atoms with E-state index in [1.807, 2.05) is 66.2 Å². The van der Waals surface area contributed by atoms with Crippen LogP contribution in [0.3, 0.4) is 0 Å². The Hall–Kier alpha value is -3.75. The second-order valence-corrected chi connectivity index (χ2v) is 8.04. The average molecular weight is 446 g/mol. The Morgan fingerprint density at radius 3 is 2.67 bits per heavy atom. The zero-order chi connectivity index (χ0) is 23.2. The lowest BCUT2D eigenvalue weighted by Crippen LogP contribution is -2.30. The van der Waals surface area contributed by atoms with E-state index in [-0.39, 0.29) is 6.04 Å². The third kappa shape index (κ3) is 5.02. The minimum atomic E-state index is -0.567. The van der Waals surface area contributed by atoms with Crippen LogP contribution in [-0.2, 0) is 4.79 Å². The maximum Gasteiger partial charge on any atom is 0.267 e. The normalized spacial score (nSPS) is 17.0. The monoisotopic (exact) mass is 445 g/mol. The summed E-state index contributed by atoms with van der Waals surface area (Å²) in [6.45, 7) is 3.40. The number of hydrogen-bond donors (Lipinski definition) is 3. The molecule has 2 aromatic carbocycles. The Balaban J connectivity index is 1.50. The first-order valence-corrected chi connectivity index (χ1v) is 10.9. The number of benzene rings is 2. The fourth-order valence-electron chi connectivity index (χ4n) is 4.32. The van der Waals surface area contributed by atoms with E-state index in [0.717, 1.165) is 41.9 Å². The van der Waals surface area contributed by atoms with E-state index < -0.39 is 5.91 Å². The maximum atomic E-state index is 11.2. The van der Waals surface area contributed by atoms with Crippen LogP contribution in [0.15, 0.2) is 72.0 Å². The van der Waals surface area contributed by atoms with Gasteiger partial charge < -0.3 is 5.21 Å². The van der Waals surface area contributed by atoms with Gasteiger partial charge in [0.15, 0.2) is 0 Å². The van der Waals surface area contributed by atoms with Crippen LogP contribution in [0.5, 0.6) is 0 Å². The van der Waals surface area contributed by atoms with Crippen LogP contribution < -0.4 is 5.48 Å². The molecule has 0 spiro atoms. The number of carbonyl (C=O) groups is 1. The summed E-state index contributed by atoms with van der Waals surface area (Å²) in [5, 5.41) is 26.6. The van der Waals surface area contributed by atoms with Crippen molar-refractivity contribution in [1.29, 1.82) is 0 Å². The second-order valence-electron chi connectivity index (χ2n) is 8.04. The molecular formula is C25H27N5O3. The molecule has 170 valence electrons. The van der Waals surface area contributed by atoms with Gasteiger partial charge in [-0.1, -0.05) is 47.6 Å². The van der Waals surface area contributed by atoms with Crippen molar-refractivity contribution < 1.29 is 15.2 Å². The smallest absolute Gasteiger partial charge is 0.267 e. The Morgan fingerprint density at radius 2 is 1.97 bits per heavy atom. The first-order valence-electron chi connectivity index (χ1n) is 10.9. The molecule has 33 heavy (non-hydrogen) atoms. The van der Waals surface area contributed by atoms with Crippen molar-refractivity contribution in [2.24, 2.45) is 5.16 Å². The fourth-order valence-corrected chi connectivity index (χ4v) is 4.32. The third-order valence-electron chi connectivity index (χ3n) is 6.02. The standard InChI is InChI=1S/C25H27N5O3/c1-18-22(16-26-30(18)21-6-3-2-4-7-21)23(27-32)17-29-15-5-8-24(29)20-12-9-19(10-13-20)11-14-25(31)28-33/h2-4,6-7,9-14,16,24,32-33H,5,8,15,17H2,1H3,(H,28,31). The molecule has 1 aliphatic heterocycles. The van der Waals surface area contributed by atoms with Gasteiger partial charge in [0.05, 0.1) is 17.6 Å². The highest BCUT2D eigenvalue weighted by molar-refractivity contribution is 6.02. The first kappa shape index (κ1) is 22.4. The summed E-state index contributed by atoms with van der Waals surface area (Å²) in [6.07, 6.45) is 6.75. The highest BCUT2D eigenvalue weighted by atomic mass is 16.5. The van der Waals surface area contributed by atoms with Crippen LogP contribution in [0.1, 0.15) is 41.3 Å². The van der Waals surface area contributed by atoms with E-state index in [4.69, 9.17) is 5.21 Å². The van der Waals surface area contributed by atoms with Gasteiger partial charge in [0.2, 0.25) is 0 Å². The molecule has 1 aromatic heterocycles. The largest absolute Gasteiger partial charge is 0.411 e. The summed E-state index contributed by atoms with van der Waals surface area (Å²) in [4.78, 5) is 13.5. The molecule has 3 N–H and O–H groups in total. The van der Waals surface area contributed by atoms with E-state index in [0.29, 0.717) is 12.3 Å². The number of hydrogen-bond acceptors (Lipinski definition) is 6. The van der Waals surface area contributed by atoms with Crippen molar-refractivity contribution in [3.63, 3.8) is 0 Å². The van der Waals surface area contributed by atoms with E-state index in [1.54, 1.807) is 17.8 Å². The molecule has 2 heterocycles. The topological polar surface area (TPSA) is 103 Å². The van der Waals surface area contributed by atoms with Crippen LogP contribution in [0, 0.1) is 6.92 Å². The molecule has 1 atom stereocenters. The first-order chi connectivity index (χ1) is 16.1. The van der Waals surface area contributed by atoms with Gasteiger partial charge in [-0.25, -0.2) is 10.2 Å². The lowest BCUT2D eigenvalue weighted by molar-refractivity contribution is -0.124. The van der Waals surface area contributed by atoms with Crippen LogP contribution in [0.2, 0.25) is 0 Å². The van der Waals surface area contributed by atoms with Crippen molar-refractivity contribution in [2.75, 3.05) is 13.1 Å². The number of oxime groups is 1. The van der Waals surface area contributed by atoms with Crippen molar-refractivity contribution in [2.45, 2.75) is 25.8 Å². The van der Waals surface area contributed by atoms with Gasteiger partial charge >= 0.3 is 0 Å². The average Bonchev–Trinajstić information content (AvgIpc) is 3.48. The molecular weight excluding hydrogens is 418 g/mol. The van der Waals surface area contributed by atoms with Crippen molar-refractivity contribution >= 4 is 17.7 Å². The quantitative estimate of drug-likeness (QED) is 0.169. The zero-order valence-electron chi connectivity index (χ0n) is 18.4. The Labute approximate surface area is 192 Å². The van der Waals surface area contributed by atoms with Gasteiger partial charge in [-0.3, -0.25) is 14.9 Å². The van der Waals surface area contributed by atoms with E-state index in [2.05, 4.69) is 15.2 Å². The third-order valence-corrected chi connectivity index (χ3v) is 6.02. The Bertz CT molecular complexity index is 1150. The maximum absolute atomic E-state index is 11.2. The zero-order valence-corrected chi connectivity index (χ0v) is 18.4. The summed E-state index contributed by atoms with van der Waals surface area (Å²) < 4.78 is 1.85. The molecule has 8 nitrogen and oxygen atoms in total. The number of carbonyl (C=O) groups excluding carboxylic acids is 1. The fraction of sp³-hybridized carbons (Fsp3) is 0.240. The molecule has 1 unspecified atom stereocenters. The van der Waals surface area contributed by atoms with Gasteiger partial charge in [-0.2, -0.15) is 5.10 Å². The van der Waals surface area contributed by atoms with Crippen molar-refractivity contribution in [3.8, 4) is 5.69 Å². The highest BCUT2D eigenvalue weighted by Crippen LogP contribution is 2.32. The van der Waals surface area contributed by atoms with E-state index in [9.17, 15) is 10.0 Å². The predicted molar refractivity (Wildman–Crippen MR) is 126 cm³/mol. The minimum Gasteiger partial charge on any atom is -0.411 e. The number of rotatable bonds is 7. The van der Waals surface area contributed by atoms with Gasteiger partial charge in [0, 0.05) is 24.2 Å².